The van der Waals surface area contributed by atoms with E-state index in [2.05, 4.69) is 154 Å². The number of imidazole rings is 1. The minimum atomic E-state index is -2.08. The van der Waals surface area contributed by atoms with Crippen molar-refractivity contribution in [2.24, 2.45) is 0 Å². The van der Waals surface area contributed by atoms with Crippen LogP contribution in [0.1, 0.15) is 9.68 Å². The van der Waals surface area contributed by atoms with E-state index in [1.165, 1.54) is 10.5 Å². The zero-order valence-electron chi connectivity index (χ0n) is 35.3. The van der Waals surface area contributed by atoms with Gasteiger partial charge in [0, 0.05) is 36.6 Å². The molecule has 1 radical (unpaired) electrons. The molecule has 0 saturated carbocycles. The van der Waals surface area contributed by atoms with Crippen molar-refractivity contribution < 1.29 is 28.6 Å². The second kappa shape index (κ2) is 16.6. The maximum absolute atomic E-state index is 7.35. The monoisotopic (exact) mass is 993 g/mol. The summed E-state index contributed by atoms with van der Waals surface area (Å²) in [7, 11) is 0. The average molecular weight is 992 g/mol. The molecule has 0 N–H and O–H groups in total. The summed E-state index contributed by atoms with van der Waals surface area (Å²) >= 11 is -1.83. The van der Waals surface area contributed by atoms with E-state index in [9.17, 15) is 0 Å². The second-order valence-electron chi connectivity index (χ2n) is 15.1. The molecule has 0 fully saturated rings. The molecule has 3 heterocycles. The third-order valence-electron chi connectivity index (χ3n) is 10.3. The quantitative estimate of drug-likeness (QED) is 0.123. The molecule has 0 saturated heterocycles. The van der Waals surface area contributed by atoms with Crippen molar-refractivity contribution in [3.05, 3.63) is 194 Å². The van der Waals surface area contributed by atoms with Crippen molar-refractivity contribution in [2.75, 3.05) is 0 Å². The molecule has 0 bridgehead atoms. The van der Waals surface area contributed by atoms with Crippen molar-refractivity contribution in [1.82, 2.24) is 14.5 Å². The number of rotatable bonds is 6. The van der Waals surface area contributed by atoms with E-state index in [0.717, 1.165) is 83.6 Å². The Labute approximate surface area is 360 Å². The maximum atomic E-state index is 7.35. The first kappa shape index (κ1) is 35.3. The fourth-order valence-corrected chi connectivity index (χ4v) is 9.52. The number of aryl methyl sites for hydroxylation is 1. The number of para-hydroxylation sites is 4. The molecule has 0 spiro atoms. The smallest absolute Gasteiger partial charge is 0.120 e. The zero-order valence-corrected chi connectivity index (χ0v) is 36.8. The van der Waals surface area contributed by atoms with Gasteiger partial charge in [0.05, 0.1) is 28.1 Å². The molecule has 0 atom stereocenters. The van der Waals surface area contributed by atoms with Gasteiger partial charge in [0.2, 0.25) is 0 Å². The molecule has 4 nitrogen and oxygen atoms in total. The van der Waals surface area contributed by atoms with Crippen LogP contribution in [0.2, 0.25) is 17.3 Å². The summed E-state index contributed by atoms with van der Waals surface area (Å²) in [6.07, 6.45) is 1.95. The van der Waals surface area contributed by atoms with Gasteiger partial charge in [-0.05, 0) is 29.3 Å². The van der Waals surface area contributed by atoms with E-state index in [4.69, 9.17) is 13.5 Å². The normalized spacial score (nSPS) is 12.3. The largest absolute Gasteiger partial charge is 0.501 e. The van der Waals surface area contributed by atoms with Gasteiger partial charge in [-0.15, -0.1) is 18.2 Å². The number of hydrogen-bond donors (Lipinski definition) is 0. The van der Waals surface area contributed by atoms with Crippen molar-refractivity contribution in [3.8, 4) is 50.6 Å². The third kappa shape index (κ3) is 7.61. The molecule has 10 rings (SSSR count). The second-order valence-corrected chi connectivity index (χ2v) is 25.7. The van der Waals surface area contributed by atoms with Crippen LogP contribution in [0, 0.1) is 19.0 Å². The van der Waals surface area contributed by atoms with Gasteiger partial charge in [-0.3, -0.25) is 4.98 Å². The van der Waals surface area contributed by atoms with Gasteiger partial charge >= 0.3 is 110 Å². The van der Waals surface area contributed by atoms with Gasteiger partial charge in [0.15, 0.2) is 0 Å². The summed E-state index contributed by atoms with van der Waals surface area (Å²) in [6, 6.07) is 63.7. The van der Waals surface area contributed by atoms with Crippen LogP contribution in [-0.4, -0.2) is 27.8 Å². The predicted octanol–water partition coefficient (Wildman–Crippen LogP) is 13.1. The van der Waals surface area contributed by atoms with Crippen LogP contribution in [0.25, 0.3) is 83.6 Å². The van der Waals surface area contributed by atoms with E-state index in [1.807, 2.05) is 42.6 Å². The van der Waals surface area contributed by atoms with E-state index in [-0.39, 0.29) is 20.1 Å². The number of hydrogen-bond acceptors (Lipinski definition) is 3. The Bertz CT molecular complexity index is 2990. The van der Waals surface area contributed by atoms with E-state index in [0.29, 0.717) is 5.56 Å². The molecule has 0 aliphatic heterocycles. The fraction of sp³-hybridized carbons (Fsp3) is 0.0769. The van der Waals surface area contributed by atoms with Gasteiger partial charge in [0.1, 0.15) is 5.58 Å². The molecular formula is C52H41GeIrN3O-2. The molecule has 0 aliphatic carbocycles. The van der Waals surface area contributed by atoms with Crippen LogP contribution in [0.4, 0.5) is 0 Å². The van der Waals surface area contributed by atoms with Crippen LogP contribution >= 0.6 is 0 Å². The molecule has 7 aromatic carbocycles. The molecule has 58 heavy (non-hydrogen) atoms. The summed E-state index contributed by atoms with van der Waals surface area (Å²) in [6.45, 7) is -2.08. The summed E-state index contributed by atoms with van der Waals surface area (Å²) < 4.78 is 32.2. The van der Waals surface area contributed by atoms with Gasteiger partial charge in [-0.1, -0.05) is 120 Å². The van der Waals surface area contributed by atoms with Gasteiger partial charge in [-0.25, -0.2) is 0 Å². The van der Waals surface area contributed by atoms with E-state index in [1.54, 1.807) is 12.1 Å². The molecule has 6 heteroatoms. The Morgan fingerprint density at radius 1 is 0.655 bits per heavy atom. The molecule has 285 valence electrons. The summed E-state index contributed by atoms with van der Waals surface area (Å²) in [4.78, 5) is 9.70. The predicted molar refractivity (Wildman–Crippen MR) is 240 cm³/mol. The Morgan fingerprint density at radius 3 is 2.00 bits per heavy atom. The SMILES string of the molecule is [2H]C([2H])([2H])c1c[c-]c(-c2cc[c]([Ge]([CH3])([CH3])[CH3])cn2)cc1.[Ir].[c-]1ccc2c(oc3ccccc32)c1-c1nc2ccccc2n1-c1c(-c2ccccc2)cccc1-c1ccccc1. The van der Waals surface area contributed by atoms with Crippen LogP contribution in [0.5, 0.6) is 0 Å². The molecular weight excluding hydrogens is 947 g/mol. The summed E-state index contributed by atoms with van der Waals surface area (Å²) in [5.41, 5.74) is 12.0. The number of pyridine rings is 1. The maximum Gasteiger partial charge on any atom is 0.120 e. The van der Waals surface area contributed by atoms with E-state index >= 15 is 0 Å². The Kier molecular flexibility index (Phi) is 10.1. The minimum Gasteiger partial charge on any atom is -0.501 e. The van der Waals surface area contributed by atoms with Crippen LogP contribution in [0.15, 0.2) is 180 Å². The first-order valence-corrected chi connectivity index (χ1v) is 26.4. The summed E-state index contributed by atoms with van der Waals surface area (Å²) in [5, 5.41) is 2.15. The molecule has 0 unspecified atom stereocenters. The number of aromatic nitrogens is 3. The summed E-state index contributed by atoms with van der Waals surface area (Å²) in [5.74, 6) is 7.78. The van der Waals surface area contributed by atoms with E-state index < -0.39 is 20.1 Å². The molecule has 3 aromatic heterocycles. The molecule has 0 aliphatic rings. The zero-order chi connectivity index (χ0) is 41.4. The van der Waals surface area contributed by atoms with Crippen molar-refractivity contribution in [1.29, 1.82) is 0 Å². The van der Waals surface area contributed by atoms with Crippen molar-refractivity contribution in [3.63, 3.8) is 0 Å². The number of nitrogens with zero attached hydrogens (tertiary/aromatic N) is 3. The molecule has 0 amide bonds. The van der Waals surface area contributed by atoms with Crippen LogP contribution in [-0.2, 0) is 20.1 Å². The van der Waals surface area contributed by atoms with Gasteiger partial charge in [-0.2, -0.15) is 0 Å². The Balaban J connectivity index is 0.000000208. The Morgan fingerprint density at radius 2 is 1.34 bits per heavy atom. The van der Waals surface area contributed by atoms with Gasteiger partial charge in [0.25, 0.3) is 0 Å². The topological polar surface area (TPSA) is 43.9 Å². The average Bonchev–Trinajstić information content (AvgIpc) is 3.85. The minimum absolute atomic E-state index is 0. The fourth-order valence-electron chi connectivity index (χ4n) is 7.34. The van der Waals surface area contributed by atoms with Crippen molar-refractivity contribution in [2.45, 2.75) is 24.1 Å². The Hall–Kier alpha value is -5.85. The van der Waals surface area contributed by atoms with Crippen LogP contribution < -0.4 is 4.40 Å². The number of benzene rings is 7. The molecule has 10 aromatic rings. The first-order valence-electron chi connectivity index (χ1n) is 20.6. The van der Waals surface area contributed by atoms with Gasteiger partial charge < -0.3 is 8.98 Å². The number of furan rings is 1. The van der Waals surface area contributed by atoms with Crippen molar-refractivity contribution >= 4 is 50.6 Å². The van der Waals surface area contributed by atoms with Crippen LogP contribution in [0.3, 0.4) is 0 Å². The first-order chi connectivity index (χ1) is 29.0. The standard InChI is InChI=1S/C37H23N2O.C15H18GeN.Ir/c1-3-13-25(14-4-1)27-18-11-19-28(26-15-5-2-6-16-26)35(27)39-33-23-9-8-22-32(33)38-37(39)31-21-12-20-30-29-17-7-10-24-34(29)40-36(30)31;1-12-5-7-13(8-6-12)15-10-9-14(11-17-15)16(2,3)4;/h1-20,22-24H;5-7,9-11H,1-4H3;/q2*-1;/i;1D3;. The third-order valence-corrected chi connectivity index (χ3v) is 14.5. The number of fused-ring (bicyclic) bond motifs is 4.